The number of aromatic nitrogens is 2. The van der Waals surface area contributed by atoms with Gasteiger partial charge in [0.2, 0.25) is 0 Å². The minimum absolute atomic E-state index is 0.000967. The first-order valence-corrected chi connectivity index (χ1v) is 5.40. The van der Waals surface area contributed by atoms with Gasteiger partial charge in [-0.2, -0.15) is 0 Å². The van der Waals surface area contributed by atoms with Crippen LogP contribution in [0.25, 0.3) is 11.0 Å². The molecule has 0 fully saturated rings. The zero-order valence-corrected chi connectivity index (χ0v) is 10.2. The molecule has 2 rings (SSSR count). The molecule has 0 saturated carbocycles. The predicted octanol–water partition coefficient (Wildman–Crippen LogP) is 1.40. The quantitative estimate of drug-likeness (QED) is 0.792. The number of aryl methyl sites for hydroxylation is 2. The molecule has 0 aliphatic rings. The molecule has 0 spiro atoms. The molecule has 1 heterocycles. The van der Waals surface area contributed by atoms with E-state index in [4.69, 9.17) is 5.11 Å². The molecule has 0 radical (unpaired) electrons. The number of hydrogen-bond donors (Lipinski definition) is 1. The van der Waals surface area contributed by atoms with Crippen LogP contribution in [0.1, 0.15) is 19.4 Å². The normalized spacial score (nSPS) is 10.1. The summed E-state index contributed by atoms with van der Waals surface area (Å²) in [7, 11) is 3.47. The van der Waals surface area contributed by atoms with E-state index in [2.05, 4.69) is 0 Å². The lowest BCUT2D eigenvalue weighted by atomic mass is 10.2. The molecule has 0 aliphatic heterocycles. The molecule has 4 heteroatoms. The summed E-state index contributed by atoms with van der Waals surface area (Å²) >= 11 is 0. The van der Waals surface area contributed by atoms with Crippen molar-refractivity contribution in [2.24, 2.45) is 14.1 Å². The van der Waals surface area contributed by atoms with Gasteiger partial charge in [-0.15, -0.1) is 0 Å². The number of fused-ring (bicyclic) bond motifs is 1. The molecule has 16 heavy (non-hydrogen) atoms. The maximum absolute atomic E-state index is 11.6. The lowest BCUT2D eigenvalue weighted by Crippen LogP contribution is -2.19. The SMILES string of the molecule is CC.Cn1c(=O)n(C)c2cc(CO)ccc21. The molecule has 2 aromatic rings. The van der Waals surface area contributed by atoms with Gasteiger partial charge in [0.25, 0.3) is 0 Å². The fraction of sp³-hybridized carbons (Fsp3) is 0.417. The Morgan fingerprint density at radius 2 is 1.69 bits per heavy atom. The maximum Gasteiger partial charge on any atom is 0.328 e. The number of hydrogen-bond acceptors (Lipinski definition) is 2. The predicted molar refractivity (Wildman–Crippen MR) is 65.4 cm³/mol. The van der Waals surface area contributed by atoms with Crippen LogP contribution in [-0.2, 0) is 20.7 Å². The van der Waals surface area contributed by atoms with Crippen molar-refractivity contribution in [1.29, 1.82) is 0 Å². The lowest BCUT2D eigenvalue weighted by molar-refractivity contribution is 0.282. The summed E-state index contributed by atoms with van der Waals surface area (Å²) in [5, 5.41) is 8.97. The first-order valence-electron chi connectivity index (χ1n) is 5.40. The van der Waals surface area contributed by atoms with Gasteiger partial charge in [-0.3, -0.25) is 9.13 Å². The highest BCUT2D eigenvalue weighted by Crippen LogP contribution is 2.13. The van der Waals surface area contributed by atoms with Crippen molar-refractivity contribution in [3.8, 4) is 0 Å². The lowest BCUT2D eigenvalue weighted by Gasteiger charge is -1.97. The van der Waals surface area contributed by atoms with Gasteiger partial charge in [0.1, 0.15) is 0 Å². The summed E-state index contributed by atoms with van der Waals surface area (Å²) in [5.41, 5.74) is 2.51. The van der Waals surface area contributed by atoms with Crippen molar-refractivity contribution in [3.63, 3.8) is 0 Å². The van der Waals surface area contributed by atoms with E-state index in [0.717, 1.165) is 16.6 Å². The van der Waals surface area contributed by atoms with Gasteiger partial charge in [0.05, 0.1) is 17.6 Å². The summed E-state index contributed by atoms with van der Waals surface area (Å²) in [6.07, 6.45) is 0. The Hall–Kier alpha value is -1.55. The highest BCUT2D eigenvalue weighted by atomic mass is 16.3. The highest BCUT2D eigenvalue weighted by molar-refractivity contribution is 5.76. The van der Waals surface area contributed by atoms with Gasteiger partial charge in [0, 0.05) is 14.1 Å². The first kappa shape index (κ1) is 12.5. The standard InChI is InChI=1S/C10H12N2O2.C2H6/c1-11-8-4-3-7(6-13)5-9(8)12(2)10(11)14;1-2/h3-5,13H,6H2,1-2H3;1-2H3. The molecular weight excluding hydrogens is 204 g/mol. The van der Waals surface area contributed by atoms with Crippen LogP contribution < -0.4 is 5.69 Å². The summed E-state index contributed by atoms with van der Waals surface area (Å²) in [6, 6.07) is 5.50. The van der Waals surface area contributed by atoms with Crippen LogP contribution >= 0.6 is 0 Å². The van der Waals surface area contributed by atoms with Crippen molar-refractivity contribution in [1.82, 2.24) is 9.13 Å². The number of nitrogens with zero attached hydrogens (tertiary/aromatic N) is 2. The Bertz CT molecular complexity index is 538. The van der Waals surface area contributed by atoms with Crippen molar-refractivity contribution in [3.05, 3.63) is 34.2 Å². The van der Waals surface area contributed by atoms with Crippen LogP contribution in [0.4, 0.5) is 0 Å². The van der Waals surface area contributed by atoms with Gasteiger partial charge >= 0.3 is 5.69 Å². The van der Waals surface area contributed by atoms with E-state index >= 15 is 0 Å². The molecule has 0 unspecified atom stereocenters. The maximum atomic E-state index is 11.6. The van der Waals surface area contributed by atoms with Gasteiger partial charge in [0.15, 0.2) is 0 Å². The number of aliphatic hydroxyl groups excluding tert-OH is 1. The fourth-order valence-electron chi connectivity index (χ4n) is 1.65. The minimum Gasteiger partial charge on any atom is -0.392 e. The van der Waals surface area contributed by atoms with Crippen molar-refractivity contribution in [2.45, 2.75) is 20.5 Å². The molecule has 1 N–H and O–H groups in total. The van der Waals surface area contributed by atoms with E-state index in [1.165, 1.54) is 0 Å². The summed E-state index contributed by atoms with van der Waals surface area (Å²) < 4.78 is 3.17. The van der Waals surface area contributed by atoms with Crippen molar-refractivity contribution in [2.75, 3.05) is 0 Å². The Morgan fingerprint density at radius 1 is 1.12 bits per heavy atom. The average Bonchev–Trinajstić information content (AvgIpc) is 2.57. The summed E-state index contributed by atoms with van der Waals surface area (Å²) in [5.74, 6) is 0. The largest absolute Gasteiger partial charge is 0.392 e. The molecule has 1 aromatic carbocycles. The molecular formula is C12H18N2O2. The fourth-order valence-corrected chi connectivity index (χ4v) is 1.65. The third-order valence-corrected chi connectivity index (χ3v) is 2.52. The van der Waals surface area contributed by atoms with Gasteiger partial charge in [-0.25, -0.2) is 4.79 Å². The van der Waals surface area contributed by atoms with Crippen LogP contribution in [0.2, 0.25) is 0 Å². The molecule has 4 nitrogen and oxygen atoms in total. The number of rotatable bonds is 1. The number of imidazole rings is 1. The van der Waals surface area contributed by atoms with Crippen LogP contribution in [0.5, 0.6) is 0 Å². The van der Waals surface area contributed by atoms with E-state index in [0.29, 0.717) is 0 Å². The van der Waals surface area contributed by atoms with Crippen LogP contribution in [0.15, 0.2) is 23.0 Å². The molecule has 88 valence electrons. The Morgan fingerprint density at radius 3 is 2.25 bits per heavy atom. The smallest absolute Gasteiger partial charge is 0.328 e. The van der Waals surface area contributed by atoms with Gasteiger partial charge < -0.3 is 5.11 Å². The van der Waals surface area contributed by atoms with Gasteiger partial charge in [-0.05, 0) is 17.7 Å². The average molecular weight is 222 g/mol. The summed E-state index contributed by atoms with van der Waals surface area (Å²) in [4.78, 5) is 11.6. The molecule has 1 aromatic heterocycles. The third-order valence-electron chi connectivity index (χ3n) is 2.52. The van der Waals surface area contributed by atoms with E-state index in [1.54, 1.807) is 23.2 Å². The molecule has 0 saturated heterocycles. The van der Waals surface area contributed by atoms with Crippen LogP contribution in [0, 0.1) is 0 Å². The van der Waals surface area contributed by atoms with Gasteiger partial charge in [-0.1, -0.05) is 19.9 Å². The summed E-state index contributed by atoms with van der Waals surface area (Å²) in [6.45, 7) is 4.00. The van der Waals surface area contributed by atoms with Crippen molar-refractivity contribution >= 4 is 11.0 Å². The molecule has 0 amide bonds. The zero-order chi connectivity index (χ0) is 12.3. The van der Waals surface area contributed by atoms with E-state index < -0.39 is 0 Å². The van der Waals surface area contributed by atoms with Crippen LogP contribution in [0.3, 0.4) is 0 Å². The van der Waals surface area contributed by atoms with Crippen molar-refractivity contribution < 1.29 is 5.11 Å². The second kappa shape index (κ2) is 4.99. The molecule has 0 aliphatic carbocycles. The topological polar surface area (TPSA) is 47.2 Å². The van der Waals surface area contributed by atoms with E-state index in [9.17, 15) is 4.79 Å². The first-order chi connectivity index (χ1) is 7.65. The zero-order valence-electron chi connectivity index (χ0n) is 10.2. The third kappa shape index (κ3) is 1.88. The number of aliphatic hydroxyl groups is 1. The van der Waals surface area contributed by atoms with E-state index in [-0.39, 0.29) is 12.3 Å². The Kier molecular flexibility index (Phi) is 3.90. The van der Waals surface area contributed by atoms with E-state index in [1.807, 2.05) is 32.0 Å². The second-order valence-electron chi connectivity index (χ2n) is 3.38. The Labute approximate surface area is 94.7 Å². The minimum atomic E-state index is -0.0462. The Balaban J connectivity index is 0.000000606. The molecule has 0 bridgehead atoms. The number of benzene rings is 1. The second-order valence-corrected chi connectivity index (χ2v) is 3.38. The monoisotopic (exact) mass is 222 g/mol. The molecule has 0 atom stereocenters. The highest BCUT2D eigenvalue weighted by Gasteiger charge is 2.07. The van der Waals surface area contributed by atoms with Crippen LogP contribution in [-0.4, -0.2) is 14.2 Å².